The molecule has 0 spiro atoms. The summed E-state index contributed by atoms with van der Waals surface area (Å²) in [7, 11) is 0. The van der Waals surface area contributed by atoms with Crippen LogP contribution in [0, 0.1) is 0 Å². The summed E-state index contributed by atoms with van der Waals surface area (Å²) in [4.78, 5) is 15.7. The van der Waals surface area contributed by atoms with E-state index in [1.165, 1.54) is 11.3 Å². The van der Waals surface area contributed by atoms with Crippen LogP contribution < -0.4 is 14.6 Å². The number of benzene rings is 1. The summed E-state index contributed by atoms with van der Waals surface area (Å²) in [5.41, 5.74) is 2.90. The minimum absolute atomic E-state index is 0.0884. The summed E-state index contributed by atoms with van der Waals surface area (Å²) in [5.74, 6) is 0.715. The van der Waals surface area contributed by atoms with Crippen LogP contribution in [0.5, 0.6) is 11.5 Å². The Morgan fingerprint density at radius 3 is 3.03 bits per heavy atom. The van der Waals surface area contributed by atoms with E-state index in [0.717, 1.165) is 23.3 Å². The number of thiophene rings is 1. The Hall–Kier alpha value is -3.13. The van der Waals surface area contributed by atoms with Gasteiger partial charge in [-0.3, -0.25) is 0 Å². The van der Waals surface area contributed by atoms with Gasteiger partial charge < -0.3 is 23.9 Å². The number of aliphatic carboxylic acids is 1. The first-order valence-corrected chi connectivity index (χ1v) is 10.2. The van der Waals surface area contributed by atoms with Crippen molar-refractivity contribution in [1.82, 2.24) is 10.1 Å². The molecule has 0 N–H and O–H groups in total. The number of rotatable bonds is 7. The second-order valence-electron chi connectivity index (χ2n) is 6.72. The summed E-state index contributed by atoms with van der Waals surface area (Å²) in [6.45, 7) is 4.38. The summed E-state index contributed by atoms with van der Waals surface area (Å²) in [5, 5.41) is 19.1. The number of nitrogens with zero attached hydrogens (tertiary/aromatic N) is 2. The number of aromatic nitrogens is 2. The Bertz CT molecular complexity index is 1060. The standard InChI is InChI=1S/C21H20N2O5S/c1-3-26-17-8-14-6-12(2)27-18(14)9-15(17)7-16(10-19(24)25)21-22-20(23-28-21)13-4-5-29-11-13/h4-5,7-9,11-12H,3,6,10H2,1-2H3,(H,24,25)/p-1/b16-7+/t12-/m0/s1. The van der Waals surface area contributed by atoms with Crippen LogP contribution >= 0.6 is 11.3 Å². The lowest BCUT2D eigenvalue weighted by Crippen LogP contribution is -2.22. The summed E-state index contributed by atoms with van der Waals surface area (Å²) in [6.07, 6.45) is 2.20. The maximum Gasteiger partial charge on any atom is 0.254 e. The van der Waals surface area contributed by atoms with E-state index in [1.54, 1.807) is 6.08 Å². The van der Waals surface area contributed by atoms with E-state index < -0.39 is 5.97 Å². The van der Waals surface area contributed by atoms with E-state index in [4.69, 9.17) is 14.0 Å². The first kappa shape index (κ1) is 19.2. The Morgan fingerprint density at radius 2 is 2.31 bits per heavy atom. The third-order valence-corrected chi connectivity index (χ3v) is 5.16. The van der Waals surface area contributed by atoms with E-state index in [0.29, 0.717) is 29.3 Å². The molecule has 0 radical (unpaired) electrons. The maximum absolute atomic E-state index is 11.4. The fourth-order valence-corrected chi connectivity index (χ4v) is 3.88. The average Bonchev–Trinajstić information content (AvgIpc) is 3.41. The van der Waals surface area contributed by atoms with Crippen molar-refractivity contribution in [2.24, 2.45) is 0 Å². The van der Waals surface area contributed by atoms with E-state index in [9.17, 15) is 9.90 Å². The molecule has 0 fully saturated rings. The van der Waals surface area contributed by atoms with Crippen LogP contribution in [0.15, 0.2) is 33.5 Å². The number of hydrogen-bond donors (Lipinski definition) is 0. The van der Waals surface area contributed by atoms with E-state index in [-0.39, 0.29) is 18.4 Å². The number of carboxylic acids is 1. The molecule has 0 bridgehead atoms. The fourth-order valence-electron chi connectivity index (χ4n) is 3.24. The topological polar surface area (TPSA) is 97.5 Å². The molecule has 3 aromatic rings. The van der Waals surface area contributed by atoms with Crippen molar-refractivity contribution >= 4 is 29.0 Å². The molecule has 2 aromatic heterocycles. The zero-order valence-corrected chi connectivity index (χ0v) is 16.8. The van der Waals surface area contributed by atoms with Gasteiger partial charge in [-0.25, -0.2) is 0 Å². The van der Waals surface area contributed by atoms with Crippen molar-refractivity contribution in [2.45, 2.75) is 32.8 Å². The Morgan fingerprint density at radius 1 is 1.45 bits per heavy atom. The van der Waals surface area contributed by atoms with Gasteiger partial charge in [-0.15, -0.1) is 0 Å². The van der Waals surface area contributed by atoms with Crippen molar-refractivity contribution in [2.75, 3.05) is 6.61 Å². The van der Waals surface area contributed by atoms with Gasteiger partial charge in [0, 0.05) is 46.5 Å². The molecule has 29 heavy (non-hydrogen) atoms. The molecule has 1 aromatic carbocycles. The van der Waals surface area contributed by atoms with Crippen LogP contribution in [-0.2, 0) is 11.2 Å². The SMILES string of the molecule is CCOc1cc2c(cc1/C=C(\CC(=O)[O-])c1nc(-c3ccsc3)no1)O[C@@H](C)C2. The lowest BCUT2D eigenvalue weighted by molar-refractivity contribution is -0.304. The molecule has 1 aliphatic heterocycles. The number of carbonyl (C=O) groups is 1. The number of carbonyl (C=O) groups excluding carboxylic acids is 1. The van der Waals surface area contributed by atoms with Gasteiger partial charge in [0.25, 0.3) is 5.89 Å². The average molecular weight is 411 g/mol. The largest absolute Gasteiger partial charge is 0.550 e. The Balaban J connectivity index is 1.76. The second-order valence-corrected chi connectivity index (χ2v) is 7.50. The molecule has 8 heteroatoms. The predicted octanol–water partition coefficient (Wildman–Crippen LogP) is 3.20. The molecule has 0 saturated heterocycles. The van der Waals surface area contributed by atoms with E-state index >= 15 is 0 Å². The molecule has 0 amide bonds. The predicted molar refractivity (Wildman–Crippen MR) is 107 cm³/mol. The molecule has 3 heterocycles. The molecule has 0 aliphatic carbocycles. The van der Waals surface area contributed by atoms with Gasteiger partial charge in [-0.2, -0.15) is 16.3 Å². The number of fused-ring (bicyclic) bond motifs is 1. The van der Waals surface area contributed by atoms with Crippen molar-refractivity contribution in [3.05, 3.63) is 46.0 Å². The van der Waals surface area contributed by atoms with Gasteiger partial charge in [-0.1, -0.05) is 5.16 Å². The van der Waals surface area contributed by atoms with Crippen molar-refractivity contribution in [1.29, 1.82) is 0 Å². The minimum atomic E-state index is -1.24. The van der Waals surface area contributed by atoms with Crippen molar-refractivity contribution in [3.63, 3.8) is 0 Å². The van der Waals surface area contributed by atoms with Crippen LogP contribution in [0.4, 0.5) is 0 Å². The summed E-state index contributed by atoms with van der Waals surface area (Å²) >= 11 is 1.51. The Kier molecular flexibility index (Phi) is 5.35. The first-order valence-electron chi connectivity index (χ1n) is 9.27. The highest BCUT2D eigenvalue weighted by Gasteiger charge is 2.22. The quantitative estimate of drug-likeness (QED) is 0.589. The maximum atomic E-state index is 11.4. The molecule has 1 atom stereocenters. The van der Waals surface area contributed by atoms with Gasteiger partial charge in [0.15, 0.2) is 0 Å². The zero-order valence-electron chi connectivity index (χ0n) is 16.0. The zero-order chi connectivity index (χ0) is 20.4. The van der Waals surface area contributed by atoms with Gasteiger partial charge in [0.1, 0.15) is 17.6 Å². The highest BCUT2D eigenvalue weighted by molar-refractivity contribution is 7.08. The molecule has 1 aliphatic rings. The monoisotopic (exact) mass is 411 g/mol. The lowest BCUT2D eigenvalue weighted by atomic mass is 10.0. The van der Waals surface area contributed by atoms with Gasteiger partial charge in [0.05, 0.1) is 6.61 Å². The summed E-state index contributed by atoms with van der Waals surface area (Å²) in [6, 6.07) is 5.66. The fraction of sp³-hybridized carbons (Fsp3) is 0.286. The van der Waals surface area contributed by atoms with Crippen LogP contribution in [0.25, 0.3) is 23.0 Å². The van der Waals surface area contributed by atoms with Gasteiger partial charge in [-0.05, 0) is 43.5 Å². The lowest BCUT2D eigenvalue weighted by Gasteiger charge is -2.11. The number of carboxylic acid groups (broad SMARTS) is 1. The third kappa shape index (κ3) is 4.17. The molecule has 0 unspecified atom stereocenters. The Labute approximate surface area is 171 Å². The van der Waals surface area contributed by atoms with Gasteiger partial charge in [0.2, 0.25) is 5.82 Å². The van der Waals surface area contributed by atoms with Crippen molar-refractivity contribution < 1.29 is 23.9 Å². The third-order valence-electron chi connectivity index (χ3n) is 4.47. The molecule has 7 nitrogen and oxygen atoms in total. The normalized spacial score (nSPS) is 15.8. The molecular formula is C21H19N2O5S-. The molecule has 150 valence electrons. The van der Waals surface area contributed by atoms with Crippen molar-refractivity contribution in [3.8, 4) is 22.9 Å². The number of ether oxygens (including phenoxy) is 2. The van der Waals surface area contributed by atoms with Crippen LogP contribution in [0.3, 0.4) is 0 Å². The molecule has 0 saturated carbocycles. The van der Waals surface area contributed by atoms with Crippen LogP contribution in [0.2, 0.25) is 0 Å². The smallest absolute Gasteiger partial charge is 0.254 e. The molecular weight excluding hydrogens is 392 g/mol. The van der Waals surface area contributed by atoms with Crippen LogP contribution in [0.1, 0.15) is 37.3 Å². The second kappa shape index (κ2) is 8.08. The minimum Gasteiger partial charge on any atom is -0.550 e. The highest BCUT2D eigenvalue weighted by Crippen LogP contribution is 2.37. The van der Waals surface area contributed by atoms with Gasteiger partial charge >= 0.3 is 0 Å². The molecule has 4 rings (SSSR count). The number of hydrogen-bond acceptors (Lipinski definition) is 8. The van der Waals surface area contributed by atoms with E-state index in [2.05, 4.69) is 10.1 Å². The van der Waals surface area contributed by atoms with E-state index in [1.807, 2.05) is 42.8 Å². The summed E-state index contributed by atoms with van der Waals surface area (Å²) < 4.78 is 17.0. The first-order chi connectivity index (χ1) is 14.0. The highest BCUT2D eigenvalue weighted by atomic mass is 32.1. The van der Waals surface area contributed by atoms with Crippen LogP contribution in [-0.4, -0.2) is 28.8 Å².